The maximum Gasteiger partial charge on any atom is 0.301 e. The first-order valence-electron chi connectivity index (χ1n) is 11.6. The Morgan fingerprint density at radius 3 is 2.68 bits per heavy atom. The molecule has 0 radical (unpaired) electrons. The van der Waals surface area contributed by atoms with Gasteiger partial charge in [-0.25, -0.2) is 4.98 Å². The van der Waals surface area contributed by atoms with E-state index in [0.29, 0.717) is 39.0 Å². The predicted octanol–water partition coefficient (Wildman–Crippen LogP) is 5.91. The Bertz CT molecular complexity index is 1610. The molecule has 0 saturated carbocycles. The maximum absolute atomic E-state index is 13.5. The van der Waals surface area contributed by atoms with Crippen molar-refractivity contribution in [1.82, 2.24) is 4.98 Å². The summed E-state index contributed by atoms with van der Waals surface area (Å²) in [4.78, 5) is 32.9. The Morgan fingerprint density at radius 1 is 1.14 bits per heavy atom. The van der Waals surface area contributed by atoms with Crippen LogP contribution in [0.4, 0.5) is 5.13 Å². The summed E-state index contributed by atoms with van der Waals surface area (Å²) >= 11 is 7.40. The number of aliphatic hydroxyl groups is 1. The van der Waals surface area contributed by atoms with Gasteiger partial charge in [0, 0.05) is 17.0 Å². The van der Waals surface area contributed by atoms with Gasteiger partial charge >= 0.3 is 5.91 Å². The highest BCUT2D eigenvalue weighted by Crippen LogP contribution is 2.45. The molecule has 37 heavy (non-hydrogen) atoms. The first kappa shape index (κ1) is 23.5. The van der Waals surface area contributed by atoms with E-state index in [1.165, 1.54) is 16.2 Å². The van der Waals surface area contributed by atoms with Crippen molar-refractivity contribution in [3.63, 3.8) is 0 Å². The summed E-state index contributed by atoms with van der Waals surface area (Å²) in [6.07, 6.45) is 0.727. The van der Waals surface area contributed by atoms with Gasteiger partial charge in [-0.2, -0.15) is 0 Å². The third-order valence-electron chi connectivity index (χ3n) is 6.59. The van der Waals surface area contributed by atoms with Crippen LogP contribution in [0.5, 0.6) is 11.5 Å². The summed E-state index contributed by atoms with van der Waals surface area (Å²) in [5.74, 6) is -0.367. The number of thiazole rings is 1. The third kappa shape index (κ3) is 3.93. The maximum atomic E-state index is 13.5. The number of methoxy groups -OCH3 is 1. The monoisotopic (exact) mass is 532 g/mol. The van der Waals surface area contributed by atoms with E-state index >= 15 is 0 Å². The van der Waals surface area contributed by atoms with Crippen LogP contribution in [0.1, 0.15) is 29.7 Å². The van der Waals surface area contributed by atoms with Crippen LogP contribution in [0.25, 0.3) is 16.0 Å². The highest BCUT2D eigenvalue weighted by atomic mass is 35.5. The zero-order valence-corrected chi connectivity index (χ0v) is 21.5. The minimum Gasteiger partial charge on any atom is -0.507 e. The number of carbonyl (C=O) groups is 2. The molecule has 0 bridgehead atoms. The SMILES string of the molecule is COc1ccc2nc(N3C(=O)C(=O)/C(=C(/O)c4ccc5c(c4)C[C@@H](C)O5)[C@H]3c3ccc(Cl)cc3)sc2c1. The van der Waals surface area contributed by atoms with Crippen LogP contribution >= 0.6 is 22.9 Å². The highest BCUT2D eigenvalue weighted by Gasteiger charge is 2.48. The Labute approximate surface area is 221 Å². The van der Waals surface area contributed by atoms with Gasteiger partial charge in [-0.05, 0) is 66.6 Å². The van der Waals surface area contributed by atoms with Crippen LogP contribution in [0.2, 0.25) is 5.02 Å². The molecule has 3 aromatic carbocycles. The van der Waals surface area contributed by atoms with Crippen molar-refractivity contribution in [2.45, 2.75) is 25.5 Å². The van der Waals surface area contributed by atoms with Crippen molar-refractivity contribution in [3.8, 4) is 11.5 Å². The van der Waals surface area contributed by atoms with Crippen LogP contribution in [-0.2, 0) is 16.0 Å². The number of ketones is 1. The predicted molar refractivity (Wildman–Crippen MR) is 143 cm³/mol. The number of aromatic nitrogens is 1. The Morgan fingerprint density at radius 2 is 1.92 bits per heavy atom. The Hall–Kier alpha value is -3.88. The number of ether oxygens (including phenoxy) is 2. The fraction of sp³-hybridized carbons (Fsp3) is 0.179. The van der Waals surface area contributed by atoms with Crippen LogP contribution < -0.4 is 14.4 Å². The molecule has 1 amide bonds. The average molecular weight is 533 g/mol. The number of halogens is 1. The van der Waals surface area contributed by atoms with Gasteiger partial charge < -0.3 is 14.6 Å². The molecule has 0 aliphatic carbocycles. The van der Waals surface area contributed by atoms with Gasteiger partial charge in [0.2, 0.25) is 0 Å². The molecule has 186 valence electrons. The third-order valence-corrected chi connectivity index (χ3v) is 7.86. The molecule has 1 saturated heterocycles. The summed E-state index contributed by atoms with van der Waals surface area (Å²) in [7, 11) is 1.58. The molecule has 3 heterocycles. The smallest absolute Gasteiger partial charge is 0.301 e. The van der Waals surface area contributed by atoms with Crippen LogP contribution in [0.3, 0.4) is 0 Å². The summed E-state index contributed by atoms with van der Waals surface area (Å²) in [6.45, 7) is 1.97. The minimum absolute atomic E-state index is 0.00364. The fourth-order valence-electron chi connectivity index (χ4n) is 4.84. The van der Waals surface area contributed by atoms with Crippen molar-refractivity contribution < 1.29 is 24.2 Å². The number of carbonyl (C=O) groups excluding carboxylic acids is 2. The van der Waals surface area contributed by atoms with E-state index in [9.17, 15) is 14.7 Å². The zero-order chi connectivity index (χ0) is 25.8. The van der Waals surface area contributed by atoms with Crippen molar-refractivity contribution in [2.24, 2.45) is 0 Å². The molecule has 1 N–H and O–H groups in total. The highest BCUT2D eigenvalue weighted by molar-refractivity contribution is 7.22. The van der Waals surface area contributed by atoms with Gasteiger partial charge in [0.15, 0.2) is 5.13 Å². The first-order chi connectivity index (χ1) is 17.8. The Balaban J connectivity index is 1.52. The van der Waals surface area contributed by atoms with Gasteiger partial charge in [0.25, 0.3) is 5.78 Å². The van der Waals surface area contributed by atoms with Gasteiger partial charge in [0.05, 0.1) is 28.9 Å². The zero-order valence-electron chi connectivity index (χ0n) is 19.9. The van der Waals surface area contributed by atoms with Crippen LogP contribution in [0.15, 0.2) is 66.2 Å². The van der Waals surface area contributed by atoms with Crippen molar-refractivity contribution in [2.75, 3.05) is 12.0 Å². The topological polar surface area (TPSA) is 89.0 Å². The molecule has 9 heteroatoms. The number of benzene rings is 3. The Kier molecular flexibility index (Phi) is 5.66. The van der Waals surface area contributed by atoms with Crippen molar-refractivity contribution in [1.29, 1.82) is 0 Å². The lowest BCUT2D eigenvalue weighted by Gasteiger charge is -2.23. The van der Waals surface area contributed by atoms with Gasteiger partial charge in [-0.3, -0.25) is 14.5 Å². The van der Waals surface area contributed by atoms with Gasteiger partial charge in [-0.15, -0.1) is 0 Å². The number of amides is 1. The van der Waals surface area contributed by atoms with Crippen LogP contribution in [0, 0.1) is 0 Å². The molecule has 0 unspecified atom stereocenters. The van der Waals surface area contributed by atoms with Crippen molar-refractivity contribution >= 4 is 55.7 Å². The molecule has 1 fully saturated rings. The van der Waals surface area contributed by atoms with E-state index in [1.807, 2.05) is 19.1 Å². The summed E-state index contributed by atoms with van der Waals surface area (Å²) in [5.41, 5.74) is 2.68. The second-order valence-corrected chi connectivity index (χ2v) is 10.5. The van der Waals surface area contributed by atoms with E-state index < -0.39 is 17.7 Å². The second kappa shape index (κ2) is 8.90. The fourth-order valence-corrected chi connectivity index (χ4v) is 5.98. The van der Waals surface area contributed by atoms with E-state index in [2.05, 4.69) is 4.98 Å². The summed E-state index contributed by atoms with van der Waals surface area (Å²) in [6, 6.07) is 16.7. The molecular formula is C28H21ClN2O5S. The normalized spacial score (nSPS) is 20.4. The average Bonchev–Trinajstić information content (AvgIpc) is 3.55. The van der Waals surface area contributed by atoms with E-state index in [1.54, 1.807) is 55.6 Å². The molecule has 1 aromatic heterocycles. The molecule has 7 nitrogen and oxygen atoms in total. The van der Waals surface area contributed by atoms with E-state index in [-0.39, 0.29) is 17.4 Å². The second-order valence-electron chi connectivity index (χ2n) is 9.01. The standard InChI is InChI=1S/C28H21ClN2O5S/c1-14-11-17-12-16(5-10-21(17)36-14)25(32)23-24(15-3-6-18(29)7-4-15)31(27(34)26(23)33)28-30-20-9-8-19(35-2)13-22(20)37-28/h3-10,12-14,24,32H,11H2,1-2H3/b25-23+/t14-,24-/m1/s1. The first-order valence-corrected chi connectivity index (χ1v) is 12.8. The van der Waals surface area contributed by atoms with Gasteiger partial charge in [-0.1, -0.05) is 35.1 Å². The molecular weight excluding hydrogens is 512 g/mol. The number of hydrogen-bond acceptors (Lipinski definition) is 7. The quantitative estimate of drug-likeness (QED) is 0.200. The van der Waals surface area contributed by atoms with Crippen LogP contribution in [-0.4, -0.2) is 35.0 Å². The van der Waals surface area contributed by atoms with Crippen molar-refractivity contribution in [3.05, 3.63) is 87.9 Å². The molecule has 2 aliphatic heterocycles. The minimum atomic E-state index is -0.886. The molecule has 6 rings (SSSR count). The number of nitrogens with zero attached hydrogens (tertiary/aromatic N) is 2. The lowest BCUT2D eigenvalue weighted by atomic mass is 9.94. The number of Topliss-reactive ketones (excluding diaryl/α,β-unsaturated/α-hetero) is 1. The lowest BCUT2D eigenvalue weighted by Crippen LogP contribution is -2.29. The summed E-state index contributed by atoms with van der Waals surface area (Å²) in [5, 5.41) is 12.3. The van der Waals surface area contributed by atoms with E-state index in [4.69, 9.17) is 21.1 Å². The summed E-state index contributed by atoms with van der Waals surface area (Å²) < 4.78 is 11.9. The number of rotatable bonds is 4. The lowest BCUT2D eigenvalue weighted by molar-refractivity contribution is -0.132. The molecule has 2 atom stereocenters. The van der Waals surface area contributed by atoms with Gasteiger partial charge in [0.1, 0.15) is 23.4 Å². The number of hydrogen-bond donors (Lipinski definition) is 1. The largest absolute Gasteiger partial charge is 0.507 e. The molecule has 4 aromatic rings. The number of anilines is 1. The molecule has 0 spiro atoms. The number of fused-ring (bicyclic) bond motifs is 2. The number of aliphatic hydroxyl groups excluding tert-OH is 1. The molecule has 2 aliphatic rings. The van der Waals surface area contributed by atoms with E-state index in [0.717, 1.165) is 16.0 Å².